The van der Waals surface area contributed by atoms with E-state index >= 15 is 0 Å². The molecule has 0 bridgehead atoms. The van der Waals surface area contributed by atoms with Crippen LogP contribution in [0.2, 0.25) is 0 Å². The van der Waals surface area contributed by atoms with Crippen LogP contribution in [0.1, 0.15) is 21.5 Å². The molecule has 0 atom stereocenters. The van der Waals surface area contributed by atoms with E-state index in [1.807, 2.05) is 85.8 Å². The second-order valence-electron chi connectivity index (χ2n) is 8.16. The highest BCUT2D eigenvalue weighted by Crippen LogP contribution is 2.24. The van der Waals surface area contributed by atoms with Gasteiger partial charge in [-0.15, -0.1) is 0 Å². The predicted molar refractivity (Wildman–Crippen MR) is 130 cm³/mol. The molecule has 1 N–H and O–H groups in total. The van der Waals surface area contributed by atoms with Gasteiger partial charge in [-0.2, -0.15) is 5.10 Å². The number of hydrogen-bond donors (Lipinski definition) is 1. The van der Waals surface area contributed by atoms with Crippen LogP contribution < -0.4 is 10.2 Å². The van der Waals surface area contributed by atoms with Gasteiger partial charge in [-0.1, -0.05) is 60.2 Å². The van der Waals surface area contributed by atoms with Gasteiger partial charge >= 0.3 is 6.09 Å². The van der Waals surface area contributed by atoms with Crippen LogP contribution in [0.4, 0.5) is 10.5 Å². The maximum absolute atomic E-state index is 13.3. The molecule has 5 rings (SSSR count). The Labute approximate surface area is 197 Å². The van der Waals surface area contributed by atoms with E-state index in [1.54, 1.807) is 15.8 Å². The molecule has 2 amide bonds. The number of anilines is 1. The Morgan fingerprint density at radius 3 is 2.53 bits per heavy atom. The molecule has 1 saturated heterocycles. The van der Waals surface area contributed by atoms with Gasteiger partial charge in [0.05, 0.1) is 17.8 Å². The molecule has 2 heterocycles. The molecule has 7 nitrogen and oxygen atoms in total. The molecule has 4 aromatic rings. The molecule has 0 aliphatic carbocycles. The molecule has 0 unspecified atom stereocenters. The van der Waals surface area contributed by atoms with Crippen molar-refractivity contribution in [3.05, 3.63) is 102 Å². The summed E-state index contributed by atoms with van der Waals surface area (Å²) in [5, 5.41) is 7.73. The second kappa shape index (κ2) is 9.23. The van der Waals surface area contributed by atoms with Gasteiger partial charge in [-0.05, 0) is 36.8 Å². The Kier molecular flexibility index (Phi) is 5.82. The Hall–Kier alpha value is -4.39. The lowest BCUT2D eigenvalue weighted by Gasteiger charge is -2.14. The number of cyclic esters (lactones) is 1. The van der Waals surface area contributed by atoms with E-state index in [-0.39, 0.29) is 12.0 Å². The third kappa shape index (κ3) is 4.41. The molecule has 1 aliphatic rings. The largest absolute Gasteiger partial charge is 0.447 e. The Bertz CT molecular complexity index is 1330. The van der Waals surface area contributed by atoms with Gasteiger partial charge in [0.1, 0.15) is 12.3 Å². The molecule has 1 aliphatic heterocycles. The first-order valence-electron chi connectivity index (χ1n) is 11.1. The molecule has 34 heavy (non-hydrogen) atoms. The number of ether oxygens (including phenoxy) is 1. The molecule has 0 saturated carbocycles. The third-order valence-corrected chi connectivity index (χ3v) is 5.74. The SMILES string of the molecule is Cc1ccc(-n2cc(C(=O)NCc3cccc(N4CCOC4=O)c3)c(-c3ccccc3)n2)cc1. The smallest absolute Gasteiger partial charge is 0.414 e. The topological polar surface area (TPSA) is 76.5 Å². The van der Waals surface area contributed by atoms with Crippen molar-refractivity contribution in [3.8, 4) is 16.9 Å². The minimum atomic E-state index is -0.350. The Balaban J connectivity index is 1.40. The summed E-state index contributed by atoms with van der Waals surface area (Å²) in [6.45, 7) is 3.25. The quantitative estimate of drug-likeness (QED) is 0.459. The summed E-state index contributed by atoms with van der Waals surface area (Å²) in [4.78, 5) is 26.7. The zero-order valence-corrected chi connectivity index (χ0v) is 18.8. The normalized spacial score (nSPS) is 13.1. The summed E-state index contributed by atoms with van der Waals surface area (Å²) < 4.78 is 6.76. The van der Waals surface area contributed by atoms with Gasteiger partial charge in [-0.3, -0.25) is 9.69 Å². The van der Waals surface area contributed by atoms with E-state index in [9.17, 15) is 9.59 Å². The first kappa shape index (κ1) is 21.5. The van der Waals surface area contributed by atoms with Crippen molar-refractivity contribution in [2.24, 2.45) is 0 Å². The van der Waals surface area contributed by atoms with Crippen molar-refractivity contribution in [1.82, 2.24) is 15.1 Å². The second-order valence-corrected chi connectivity index (χ2v) is 8.16. The van der Waals surface area contributed by atoms with Crippen LogP contribution in [0, 0.1) is 6.92 Å². The third-order valence-electron chi connectivity index (χ3n) is 5.74. The molecule has 0 radical (unpaired) electrons. The predicted octanol–water partition coefficient (Wildman–Crippen LogP) is 4.73. The fraction of sp³-hybridized carbons (Fsp3) is 0.148. The highest BCUT2D eigenvalue weighted by Gasteiger charge is 2.24. The summed E-state index contributed by atoms with van der Waals surface area (Å²) in [6.07, 6.45) is 1.41. The molecule has 170 valence electrons. The number of benzene rings is 3. The van der Waals surface area contributed by atoms with Crippen LogP contribution in [0.25, 0.3) is 16.9 Å². The zero-order chi connectivity index (χ0) is 23.5. The molecule has 1 fully saturated rings. The van der Waals surface area contributed by atoms with Crippen molar-refractivity contribution in [1.29, 1.82) is 0 Å². The van der Waals surface area contributed by atoms with E-state index in [1.165, 1.54) is 0 Å². The molecular weight excluding hydrogens is 428 g/mol. The Morgan fingerprint density at radius 2 is 1.79 bits per heavy atom. The Morgan fingerprint density at radius 1 is 1.00 bits per heavy atom. The minimum absolute atomic E-state index is 0.219. The summed E-state index contributed by atoms with van der Waals surface area (Å²) in [7, 11) is 0. The van der Waals surface area contributed by atoms with Crippen molar-refractivity contribution in [2.75, 3.05) is 18.1 Å². The van der Waals surface area contributed by atoms with E-state index in [0.29, 0.717) is 31.0 Å². The van der Waals surface area contributed by atoms with Gasteiger partial charge < -0.3 is 10.1 Å². The highest BCUT2D eigenvalue weighted by atomic mass is 16.6. The molecular formula is C27H24N4O3. The van der Waals surface area contributed by atoms with Crippen LogP contribution in [0.5, 0.6) is 0 Å². The maximum Gasteiger partial charge on any atom is 0.414 e. The molecule has 7 heteroatoms. The van der Waals surface area contributed by atoms with E-state index in [2.05, 4.69) is 5.32 Å². The lowest BCUT2D eigenvalue weighted by Crippen LogP contribution is -2.25. The minimum Gasteiger partial charge on any atom is -0.447 e. The van der Waals surface area contributed by atoms with Gasteiger partial charge in [0.2, 0.25) is 0 Å². The van der Waals surface area contributed by atoms with E-state index in [0.717, 1.165) is 28.1 Å². The number of amides is 2. The fourth-order valence-electron chi connectivity index (χ4n) is 3.92. The fourth-order valence-corrected chi connectivity index (χ4v) is 3.92. The number of rotatable bonds is 6. The first-order valence-corrected chi connectivity index (χ1v) is 11.1. The van der Waals surface area contributed by atoms with E-state index < -0.39 is 0 Å². The lowest BCUT2D eigenvalue weighted by atomic mass is 10.1. The van der Waals surface area contributed by atoms with Crippen LogP contribution in [0.15, 0.2) is 85.1 Å². The van der Waals surface area contributed by atoms with Gasteiger partial charge in [0, 0.05) is 24.0 Å². The summed E-state index contributed by atoms with van der Waals surface area (Å²) >= 11 is 0. The van der Waals surface area contributed by atoms with Gasteiger partial charge in [-0.25, -0.2) is 9.48 Å². The maximum atomic E-state index is 13.3. The number of aromatic nitrogens is 2. The number of nitrogens with zero attached hydrogens (tertiary/aromatic N) is 3. The highest BCUT2D eigenvalue weighted by molar-refractivity contribution is 6.00. The number of hydrogen-bond acceptors (Lipinski definition) is 4. The summed E-state index contributed by atoms with van der Waals surface area (Å²) in [6, 6.07) is 25.2. The average Bonchev–Trinajstić information content (AvgIpc) is 3.51. The summed E-state index contributed by atoms with van der Waals surface area (Å²) in [5.41, 5.74) is 5.66. The van der Waals surface area contributed by atoms with Crippen LogP contribution in [-0.2, 0) is 11.3 Å². The van der Waals surface area contributed by atoms with Crippen LogP contribution in [-0.4, -0.2) is 34.9 Å². The van der Waals surface area contributed by atoms with Crippen molar-refractivity contribution < 1.29 is 14.3 Å². The van der Waals surface area contributed by atoms with E-state index in [4.69, 9.17) is 9.84 Å². The zero-order valence-electron chi connectivity index (χ0n) is 18.8. The summed E-state index contributed by atoms with van der Waals surface area (Å²) in [5.74, 6) is -0.219. The number of carbonyl (C=O) groups is 2. The number of aryl methyl sites for hydroxylation is 1. The van der Waals surface area contributed by atoms with Gasteiger partial charge in [0.15, 0.2) is 0 Å². The van der Waals surface area contributed by atoms with Crippen LogP contribution >= 0.6 is 0 Å². The molecule has 3 aromatic carbocycles. The lowest BCUT2D eigenvalue weighted by molar-refractivity contribution is 0.0951. The monoisotopic (exact) mass is 452 g/mol. The van der Waals surface area contributed by atoms with Crippen molar-refractivity contribution in [3.63, 3.8) is 0 Å². The first-order chi connectivity index (χ1) is 16.6. The van der Waals surface area contributed by atoms with Crippen LogP contribution in [0.3, 0.4) is 0 Å². The molecule has 1 aromatic heterocycles. The van der Waals surface area contributed by atoms with Crippen molar-refractivity contribution in [2.45, 2.75) is 13.5 Å². The van der Waals surface area contributed by atoms with Gasteiger partial charge in [0.25, 0.3) is 5.91 Å². The molecule has 0 spiro atoms. The van der Waals surface area contributed by atoms with Crippen molar-refractivity contribution >= 4 is 17.7 Å². The standard InChI is InChI=1S/C27H24N4O3/c1-19-10-12-22(13-11-19)31-18-24(25(29-31)21-7-3-2-4-8-21)26(32)28-17-20-6-5-9-23(16-20)30-14-15-34-27(30)33/h2-13,16,18H,14-15,17H2,1H3,(H,28,32). The number of nitrogens with one attached hydrogen (secondary N) is 1. The number of carbonyl (C=O) groups excluding carboxylic acids is 2. The average molecular weight is 453 g/mol.